The molecule has 2 bridgehead atoms. The van der Waals surface area contributed by atoms with E-state index in [1.54, 1.807) is 0 Å². The van der Waals surface area contributed by atoms with Crippen LogP contribution in [0.3, 0.4) is 0 Å². The van der Waals surface area contributed by atoms with Crippen LogP contribution in [0.1, 0.15) is 41.7 Å². The molecule has 0 unspecified atom stereocenters. The minimum Gasteiger partial charge on any atom is -0.351 e. The van der Waals surface area contributed by atoms with E-state index in [0.717, 1.165) is 36.8 Å². The van der Waals surface area contributed by atoms with Crippen LogP contribution in [0.2, 0.25) is 0 Å². The summed E-state index contributed by atoms with van der Waals surface area (Å²) < 4.78 is 63.7. The van der Waals surface area contributed by atoms with Crippen molar-refractivity contribution in [2.45, 2.75) is 37.9 Å². The maximum Gasteiger partial charge on any atom is 0.434 e. The van der Waals surface area contributed by atoms with Crippen molar-refractivity contribution < 1.29 is 26.4 Å². The third-order valence-corrected chi connectivity index (χ3v) is 7.58. The fraction of sp³-hybridized carbons (Fsp3) is 0.706. The molecule has 1 aliphatic heterocycles. The highest BCUT2D eigenvalue weighted by Crippen LogP contribution is 2.45. The van der Waals surface area contributed by atoms with Crippen molar-refractivity contribution >= 4 is 21.7 Å². The Kier molecular flexibility index (Phi) is 4.75. The second-order valence-corrected chi connectivity index (χ2v) is 10.1. The Hall–Kier alpha value is -1.91. The average molecular weight is 418 g/mol. The molecule has 7 nitrogen and oxygen atoms in total. The smallest absolute Gasteiger partial charge is 0.351 e. The van der Waals surface area contributed by atoms with Gasteiger partial charge in [0, 0.05) is 25.3 Å². The number of carbonyl (C=O) groups is 1. The molecule has 154 valence electrons. The second kappa shape index (κ2) is 6.85. The van der Waals surface area contributed by atoms with Crippen LogP contribution in [0.25, 0.3) is 0 Å². The van der Waals surface area contributed by atoms with Crippen molar-refractivity contribution in [1.29, 1.82) is 0 Å². The zero-order valence-electron chi connectivity index (χ0n) is 15.1. The normalized spacial score (nSPS) is 29.1. The highest BCUT2D eigenvalue weighted by Gasteiger charge is 2.42. The molecule has 4 rings (SSSR count). The number of fused-ring (bicyclic) bond motifs is 2. The summed E-state index contributed by atoms with van der Waals surface area (Å²) in [6.45, 7) is -0.271. The number of carbonyl (C=O) groups excluding carboxylic acids is 1. The summed E-state index contributed by atoms with van der Waals surface area (Å²) in [5.74, 6) is -0.493. The lowest BCUT2D eigenvalue weighted by molar-refractivity contribution is -0.141. The first-order valence-electron chi connectivity index (χ1n) is 9.33. The van der Waals surface area contributed by atoms with Crippen LogP contribution in [-0.2, 0) is 16.0 Å². The Balaban J connectivity index is 1.56. The SMILES string of the molecule is O=C(c1cnc(N[C@@H]2C[C@@H]3CC[C@H]2C3)nc1C(F)(F)F)N1CCS(=O)(=O)CC1. The molecule has 3 atom stereocenters. The molecule has 1 aromatic heterocycles. The Morgan fingerprint density at radius 3 is 2.46 bits per heavy atom. The zero-order chi connectivity index (χ0) is 20.1. The molecule has 2 aliphatic carbocycles. The predicted octanol–water partition coefficient (Wildman–Crippen LogP) is 1.97. The maximum absolute atomic E-state index is 13.6. The monoisotopic (exact) mass is 418 g/mol. The molecule has 3 aliphatic rings. The van der Waals surface area contributed by atoms with E-state index in [1.165, 1.54) is 0 Å². The lowest BCUT2D eigenvalue weighted by Gasteiger charge is -2.27. The number of hydrogen-bond donors (Lipinski definition) is 1. The number of anilines is 1. The number of rotatable bonds is 3. The standard InChI is InChI=1S/C17H21F3N4O3S/c18-17(19,20)14-12(15(25)24-3-5-28(26,27)6-4-24)9-21-16(23-14)22-13-8-10-1-2-11(13)7-10/h9-11,13H,1-8H2,(H,21,22,23)/t10-,11+,13-/m1/s1. The Morgan fingerprint density at radius 1 is 1.18 bits per heavy atom. The van der Waals surface area contributed by atoms with Crippen LogP contribution in [0, 0.1) is 11.8 Å². The fourth-order valence-corrected chi connectivity index (χ4v) is 5.70. The van der Waals surface area contributed by atoms with Gasteiger partial charge in [-0.1, -0.05) is 6.42 Å². The third-order valence-electron chi connectivity index (χ3n) is 5.97. The Labute approximate surface area is 160 Å². The van der Waals surface area contributed by atoms with Gasteiger partial charge in [-0.15, -0.1) is 0 Å². The molecule has 1 aromatic rings. The molecule has 1 amide bonds. The fourth-order valence-electron chi connectivity index (χ4n) is 4.50. The summed E-state index contributed by atoms with van der Waals surface area (Å²) >= 11 is 0. The number of sulfone groups is 1. The quantitative estimate of drug-likeness (QED) is 0.807. The lowest BCUT2D eigenvalue weighted by Crippen LogP contribution is -2.44. The molecule has 28 heavy (non-hydrogen) atoms. The number of amides is 1. The first-order valence-corrected chi connectivity index (χ1v) is 11.1. The molecule has 2 saturated carbocycles. The third kappa shape index (κ3) is 3.81. The number of hydrogen-bond acceptors (Lipinski definition) is 6. The van der Waals surface area contributed by atoms with E-state index in [2.05, 4.69) is 15.3 Å². The first kappa shape index (κ1) is 19.4. The summed E-state index contributed by atoms with van der Waals surface area (Å²) in [5.41, 5.74) is -1.93. The van der Waals surface area contributed by atoms with E-state index in [1.807, 2.05) is 0 Å². The van der Waals surface area contributed by atoms with Crippen molar-refractivity contribution in [3.05, 3.63) is 17.5 Å². The van der Waals surface area contributed by atoms with Crippen LogP contribution in [0.4, 0.5) is 19.1 Å². The van der Waals surface area contributed by atoms with Gasteiger partial charge in [-0.3, -0.25) is 4.79 Å². The summed E-state index contributed by atoms with van der Waals surface area (Å²) in [4.78, 5) is 21.3. The minimum absolute atomic E-state index is 0.0636. The van der Waals surface area contributed by atoms with Crippen LogP contribution in [0.15, 0.2) is 6.20 Å². The number of halogens is 3. The van der Waals surface area contributed by atoms with Crippen LogP contribution in [0.5, 0.6) is 0 Å². The summed E-state index contributed by atoms with van der Waals surface area (Å²) in [6.07, 6.45) is 0.285. The molecule has 0 aromatic carbocycles. The number of nitrogens with zero attached hydrogens (tertiary/aromatic N) is 3. The molecule has 1 N–H and O–H groups in total. The molecule has 2 heterocycles. The maximum atomic E-state index is 13.6. The molecule has 3 fully saturated rings. The van der Waals surface area contributed by atoms with E-state index in [0.29, 0.717) is 11.8 Å². The highest BCUT2D eigenvalue weighted by atomic mass is 32.2. The van der Waals surface area contributed by atoms with Gasteiger partial charge in [0.15, 0.2) is 15.5 Å². The van der Waals surface area contributed by atoms with E-state index in [4.69, 9.17) is 0 Å². The number of alkyl halides is 3. The van der Waals surface area contributed by atoms with Crippen molar-refractivity contribution in [3.63, 3.8) is 0 Å². The van der Waals surface area contributed by atoms with Gasteiger partial charge in [0.05, 0.1) is 17.1 Å². The van der Waals surface area contributed by atoms with Gasteiger partial charge in [-0.05, 0) is 31.1 Å². The van der Waals surface area contributed by atoms with Gasteiger partial charge in [0.25, 0.3) is 5.91 Å². The van der Waals surface area contributed by atoms with Gasteiger partial charge in [0.2, 0.25) is 5.95 Å². The topological polar surface area (TPSA) is 92.3 Å². The van der Waals surface area contributed by atoms with E-state index >= 15 is 0 Å². The van der Waals surface area contributed by atoms with Gasteiger partial charge in [0.1, 0.15) is 0 Å². The number of nitrogens with one attached hydrogen (secondary N) is 1. The molecule has 0 spiro atoms. The van der Waals surface area contributed by atoms with Crippen molar-refractivity contribution in [1.82, 2.24) is 14.9 Å². The number of aromatic nitrogens is 2. The zero-order valence-corrected chi connectivity index (χ0v) is 15.9. The van der Waals surface area contributed by atoms with E-state index in [9.17, 15) is 26.4 Å². The van der Waals surface area contributed by atoms with Gasteiger partial charge < -0.3 is 10.2 Å². The Bertz CT molecular complexity index is 876. The van der Waals surface area contributed by atoms with Crippen LogP contribution < -0.4 is 5.32 Å². The van der Waals surface area contributed by atoms with E-state index < -0.39 is 33.2 Å². The summed E-state index contributed by atoms with van der Waals surface area (Å²) in [6, 6.07) is 0.0636. The summed E-state index contributed by atoms with van der Waals surface area (Å²) in [7, 11) is -3.25. The molecular weight excluding hydrogens is 397 g/mol. The summed E-state index contributed by atoms with van der Waals surface area (Å²) in [5, 5.41) is 3.01. The molecule has 0 radical (unpaired) electrons. The second-order valence-electron chi connectivity index (χ2n) is 7.82. The van der Waals surface area contributed by atoms with Gasteiger partial charge in [-0.2, -0.15) is 13.2 Å². The van der Waals surface area contributed by atoms with E-state index in [-0.39, 0.29) is 36.6 Å². The van der Waals surface area contributed by atoms with Crippen molar-refractivity contribution in [2.75, 3.05) is 29.9 Å². The highest BCUT2D eigenvalue weighted by molar-refractivity contribution is 7.91. The minimum atomic E-state index is -4.82. The van der Waals surface area contributed by atoms with Crippen molar-refractivity contribution in [2.24, 2.45) is 11.8 Å². The van der Waals surface area contributed by atoms with Crippen LogP contribution >= 0.6 is 0 Å². The molecule has 11 heteroatoms. The van der Waals surface area contributed by atoms with Crippen molar-refractivity contribution in [3.8, 4) is 0 Å². The largest absolute Gasteiger partial charge is 0.434 e. The van der Waals surface area contributed by atoms with Gasteiger partial charge >= 0.3 is 6.18 Å². The lowest BCUT2D eigenvalue weighted by atomic mass is 9.95. The Morgan fingerprint density at radius 2 is 1.89 bits per heavy atom. The predicted molar refractivity (Wildman–Crippen MR) is 94.5 cm³/mol. The molecular formula is C17H21F3N4O3S. The van der Waals surface area contributed by atoms with Gasteiger partial charge in [-0.25, -0.2) is 18.4 Å². The first-order chi connectivity index (χ1) is 13.1. The van der Waals surface area contributed by atoms with Crippen LogP contribution in [-0.4, -0.2) is 59.8 Å². The molecule has 1 saturated heterocycles. The average Bonchev–Trinajstić information content (AvgIpc) is 3.23.